The van der Waals surface area contributed by atoms with Crippen LogP contribution in [0.3, 0.4) is 0 Å². The molecule has 0 aliphatic rings. The Balaban J connectivity index is 1.82. The van der Waals surface area contributed by atoms with Crippen molar-refractivity contribution >= 4 is 27.4 Å². The monoisotopic (exact) mass is 312 g/mol. The molecular weight excluding hydrogens is 292 g/mol. The summed E-state index contributed by atoms with van der Waals surface area (Å²) < 4.78 is 0. The third-order valence-electron chi connectivity index (χ3n) is 3.72. The fraction of sp³-hybridized carbons (Fsp3) is 0.294. The quantitative estimate of drug-likeness (QED) is 0.779. The van der Waals surface area contributed by atoms with Gasteiger partial charge in [-0.15, -0.1) is 11.3 Å². The number of nitrogens with zero attached hydrogens (tertiary/aromatic N) is 3. The summed E-state index contributed by atoms with van der Waals surface area (Å²) in [6.45, 7) is 2.90. The molecule has 0 aliphatic heterocycles. The molecule has 0 fully saturated rings. The Bertz CT molecular complexity index is 752. The van der Waals surface area contributed by atoms with Gasteiger partial charge in [-0.3, -0.25) is 0 Å². The molecule has 1 unspecified atom stereocenters. The summed E-state index contributed by atoms with van der Waals surface area (Å²) in [5.41, 5.74) is 1.30. The van der Waals surface area contributed by atoms with Crippen LogP contribution in [0, 0.1) is 6.92 Å². The summed E-state index contributed by atoms with van der Waals surface area (Å²) in [5, 5.41) is 4.60. The highest BCUT2D eigenvalue weighted by Gasteiger charge is 2.15. The molecule has 1 atom stereocenters. The summed E-state index contributed by atoms with van der Waals surface area (Å²) >= 11 is 1.70. The Morgan fingerprint density at radius 3 is 2.68 bits per heavy atom. The molecule has 0 aliphatic carbocycles. The van der Waals surface area contributed by atoms with Gasteiger partial charge in [-0.2, -0.15) is 0 Å². The molecule has 0 radical (unpaired) electrons. The topological polar surface area (TPSA) is 41.0 Å². The summed E-state index contributed by atoms with van der Waals surface area (Å²) in [6.07, 6.45) is 1.63. The van der Waals surface area contributed by atoms with Gasteiger partial charge in [-0.1, -0.05) is 30.3 Å². The first kappa shape index (κ1) is 14.9. The van der Waals surface area contributed by atoms with E-state index in [1.807, 2.05) is 6.07 Å². The van der Waals surface area contributed by atoms with Gasteiger partial charge in [0.1, 0.15) is 17.0 Å². The normalized spacial score (nSPS) is 12.7. The number of hydrogen-bond donors (Lipinski definition) is 1. The van der Waals surface area contributed by atoms with Crippen molar-refractivity contribution < 1.29 is 0 Å². The standard InChI is InChI=1S/C17H20N4S/c1-12-9-14-16(19-11-20-17(14)22-12)18-10-15(21(2)3)13-7-5-4-6-8-13/h4-9,11,15H,10H2,1-3H3,(H,18,19,20). The highest BCUT2D eigenvalue weighted by molar-refractivity contribution is 7.18. The molecule has 1 aromatic carbocycles. The molecule has 2 aromatic heterocycles. The lowest BCUT2D eigenvalue weighted by molar-refractivity contribution is 0.311. The van der Waals surface area contributed by atoms with Gasteiger partial charge >= 0.3 is 0 Å². The van der Waals surface area contributed by atoms with Crippen molar-refractivity contribution in [3.05, 3.63) is 53.2 Å². The van der Waals surface area contributed by atoms with E-state index in [2.05, 4.69) is 71.5 Å². The highest BCUT2D eigenvalue weighted by Crippen LogP contribution is 2.28. The second kappa shape index (κ2) is 6.42. The van der Waals surface area contributed by atoms with E-state index in [9.17, 15) is 0 Å². The molecule has 1 N–H and O–H groups in total. The maximum Gasteiger partial charge on any atom is 0.138 e. The van der Waals surface area contributed by atoms with E-state index in [1.165, 1.54) is 10.4 Å². The van der Waals surface area contributed by atoms with E-state index < -0.39 is 0 Å². The fourth-order valence-electron chi connectivity index (χ4n) is 2.58. The van der Waals surface area contributed by atoms with Crippen molar-refractivity contribution in [1.82, 2.24) is 14.9 Å². The number of aryl methyl sites for hydroxylation is 1. The molecule has 3 aromatic rings. The summed E-state index contributed by atoms with van der Waals surface area (Å²) in [7, 11) is 4.20. The Hall–Kier alpha value is -1.98. The first-order valence-corrected chi connectivity index (χ1v) is 8.13. The number of nitrogens with one attached hydrogen (secondary N) is 1. The van der Waals surface area contributed by atoms with Gasteiger partial charge in [-0.25, -0.2) is 9.97 Å². The number of hydrogen-bond acceptors (Lipinski definition) is 5. The summed E-state index contributed by atoms with van der Waals surface area (Å²) in [5.74, 6) is 0.914. The minimum absolute atomic E-state index is 0.297. The van der Waals surface area contributed by atoms with E-state index in [1.54, 1.807) is 17.7 Å². The van der Waals surface area contributed by atoms with Crippen molar-refractivity contribution in [3.8, 4) is 0 Å². The van der Waals surface area contributed by atoms with Gasteiger partial charge < -0.3 is 10.2 Å². The lowest BCUT2D eigenvalue weighted by Gasteiger charge is -2.25. The van der Waals surface area contributed by atoms with Gasteiger partial charge in [-0.05, 0) is 32.6 Å². The molecule has 4 nitrogen and oxygen atoms in total. The smallest absolute Gasteiger partial charge is 0.138 e. The molecule has 5 heteroatoms. The van der Waals surface area contributed by atoms with E-state index >= 15 is 0 Å². The fourth-order valence-corrected chi connectivity index (χ4v) is 3.43. The van der Waals surface area contributed by atoms with Crippen LogP contribution < -0.4 is 5.32 Å². The van der Waals surface area contributed by atoms with Crippen molar-refractivity contribution in [2.24, 2.45) is 0 Å². The number of rotatable bonds is 5. The molecule has 0 amide bonds. The van der Waals surface area contributed by atoms with Crippen LogP contribution in [0.15, 0.2) is 42.7 Å². The molecular formula is C17H20N4S. The number of fused-ring (bicyclic) bond motifs is 1. The SMILES string of the molecule is Cc1cc2c(NCC(c3ccccc3)N(C)C)ncnc2s1. The molecule has 0 saturated carbocycles. The van der Waals surface area contributed by atoms with Crippen molar-refractivity contribution in [3.63, 3.8) is 0 Å². The van der Waals surface area contributed by atoms with Gasteiger partial charge in [0.05, 0.1) is 11.4 Å². The van der Waals surface area contributed by atoms with Crippen LogP contribution >= 0.6 is 11.3 Å². The first-order chi connectivity index (χ1) is 10.6. The Kier molecular flexibility index (Phi) is 4.36. The minimum atomic E-state index is 0.297. The van der Waals surface area contributed by atoms with Gasteiger partial charge in [0.2, 0.25) is 0 Å². The van der Waals surface area contributed by atoms with Crippen LogP contribution in [0.1, 0.15) is 16.5 Å². The predicted molar refractivity (Wildman–Crippen MR) is 93.5 cm³/mol. The lowest BCUT2D eigenvalue weighted by atomic mass is 10.1. The van der Waals surface area contributed by atoms with Crippen LogP contribution in [0.4, 0.5) is 5.82 Å². The highest BCUT2D eigenvalue weighted by atomic mass is 32.1. The second-order valence-electron chi connectivity index (χ2n) is 5.57. The number of likely N-dealkylation sites (N-methyl/N-ethyl adjacent to an activating group) is 1. The molecule has 3 rings (SSSR count). The van der Waals surface area contributed by atoms with Crippen molar-refractivity contribution in [2.75, 3.05) is 26.0 Å². The number of thiophene rings is 1. The van der Waals surface area contributed by atoms with E-state index in [0.29, 0.717) is 6.04 Å². The van der Waals surface area contributed by atoms with Gasteiger partial charge in [0.15, 0.2) is 0 Å². The zero-order chi connectivity index (χ0) is 15.5. The molecule has 114 valence electrons. The molecule has 22 heavy (non-hydrogen) atoms. The lowest BCUT2D eigenvalue weighted by Crippen LogP contribution is -2.27. The van der Waals surface area contributed by atoms with Crippen LogP contribution in [0.5, 0.6) is 0 Å². The van der Waals surface area contributed by atoms with Gasteiger partial charge in [0, 0.05) is 11.4 Å². The Labute approximate surface area is 134 Å². The number of aromatic nitrogens is 2. The van der Waals surface area contributed by atoms with Crippen LogP contribution in [0.2, 0.25) is 0 Å². The van der Waals surface area contributed by atoms with Gasteiger partial charge in [0.25, 0.3) is 0 Å². The minimum Gasteiger partial charge on any atom is -0.368 e. The van der Waals surface area contributed by atoms with Crippen LogP contribution in [0.25, 0.3) is 10.2 Å². The maximum absolute atomic E-state index is 4.41. The molecule has 0 spiro atoms. The number of benzene rings is 1. The second-order valence-corrected chi connectivity index (χ2v) is 6.80. The first-order valence-electron chi connectivity index (χ1n) is 7.31. The van der Waals surface area contributed by atoms with Crippen LogP contribution in [-0.4, -0.2) is 35.5 Å². The van der Waals surface area contributed by atoms with Crippen LogP contribution in [-0.2, 0) is 0 Å². The largest absolute Gasteiger partial charge is 0.368 e. The zero-order valence-corrected chi connectivity index (χ0v) is 13.9. The average Bonchev–Trinajstić information content (AvgIpc) is 2.89. The summed E-state index contributed by atoms with van der Waals surface area (Å²) in [4.78, 5) is 13.3. The zero-order valence-electron chi connectivity index (χ0n) is 13.1. The number of anilines is 1. The van der Waals surface area contributed by atoms with Crippen molar-refractivity contribution in [2.45, 2.75) is 13.0 Å². The van der Waals surface area contributed by atoms with E-state index in [-0.39, 0.29) is 0 Å². The molecule has 0 bridgehead atoms. The molecule has 2 heterocycles. The Morgan fingerprint density at radius 1 is 1.18 bits per heavy atom. The maximum atomic E-state index is 4.41. The van der Waals surface area contributed by atoms with E-state index in [0.717, 1.165) is 22.6 Å². The summed E-state index contributed by atoms with van der Waals surface area (Å²) in [6, 6.07) is 13.0. The molecule has 0 saturated heterocycles. The van der Waals surface area contributed by atoms with E-state index in [4.69, 9.17) is 0 Å². The average molecular weight is 312 g/mol. The third kappa shape index (κ3) is 3.10. The Morgan fingerprint density at radius 2 is 1.95 bits per heavy atom. The predicted octanol–water partition coefficient (Wildman–Crippen LogP) is 3.71. The van der Waals surface area contributed by atoms with Crippen molar-refractivity contribution in [1.29, 1.82) is 0 Å². The third-order valence-corrected chi connectivity index (χ3v) is 4.68.